The predicted molar refractivity (Wildman–Crippen MR) is 96.5 cm³/mol. The Morgan fingerprint density at radius 2 is 2.28 bits per heavy atom. The van der Waals surface area contributed by atoms with Gasteiger partial charge in [-0.25, -0.2) is 9.78 Å². The fourth-order valence-corrected chi connectivity index (χ4v) is 4.43. The highest BCUT2D eigenvalue weighted by atomic mass is 16.5. The molecule has 6 nitrogen and oxygen atoms in total. The Balaban J connectivity index is 1.32. The van der Waals surface area contributed by atoms with E-state index in [0.717, 1.165) is 43.3 Å². The standard InChI is InChI=1S/C19H26N4O2/c1-23-13-14(15-5-4-10-20-17(15)23)6-11-21-18(24)22-16-7-12-25-19(16)8-2-3-9-19/h4-5,10,13,16H,2-3,6-9,11-12H2,1H3,(H2,21,22,24). The van der Waals surface area contributed by atoms with Gasteiger partial charge in [-0.1, -0.05) is 12.8 Å². The lowest BCUT2D eigenvalue weighted by Crippen LogP contribution is -2.51. The van der Waals surface area contributed by atoms with Crippen molar-refractivity contribution in [3.63, 3.8) is 0 Å². The van der Waals surface area contributed by atoms with Crippen molar-refractivity contribution in [2.45, 2.75) is 50.2 Å². The van der Waals surface area contributed by atoms with Crippen molar-refractivity contribution < 1.29 is 9.53 Å². The maximum Gasteiger partial charge on any atom is 0.315 e. The van der Waals surface area contributed by atoms with Gasteiger partial charge in [-0.3, -0.25) is 0 Å². The molecule has 2 amide bonds. The number of aromatic nitrogens is 2. The highest BCUT2D eigenvalue weighted by molar-refractivity contribution is 5.80. The van der Waals surface area contributed by atoms with Crippen LogP contribution in [0.15, 0.2) is 24.5 Å². The molecule has 2 N–H and O–H groups in total. The lowest BCUT2D eigenvalue weighted by atomic mass is 9.93. The second-order valence-electron chi connectivity index (χ2n) is 7.25. The number of carbonyl (C=O) groups is 1. The van der Waals surface area contributed by atoms with E-state index in [1.165, 1.54) is 18.4 Å². The molecule has 2 aromatic heterocycles. The van der Waals surface area contributed by atoms with E-state index in [0.29, 0.717) is 6.54 Å². The highest BCUT2D eigenvalue weighted by Crippen LogP contribution is 2.40. The van der Waals surface area contributed by atoms with E-state index < -0.39 is 0 Å². The fourth-order valence-electron chi connectivity index (χ4n) is 4.43. The van der Waals surface area contributed by atoms with Crippen LogP contribution in [0.2, 0.25) is 0 Å². The Bertz CT molecular complexity index is 758. The summed E-state index contributed by atoms with van der Waals surface area (Å²) < 4.78 is 8.02. The van der Waals surface area contributed by atoms with Crippen molar-refractivity contribution in [1.29, 1.82) is 0 Å². The second kappa shape index (κ2) is 6.67. The molecule has 2 aromatic rings. The Morgan fingerprint density at radius 3 is 3.12 bits per heavy atom. The normalized spacial score (nSPS) is 21.9. The summed E-state index contributed by atoms with van der Waals surface area (Å²) in [7, 11) is 2.00. The summed E-state index contributed by atoms with van der Waals surface area (Å²) in [5, 5.41) is 7.30. The lowest BCUT2D eigenvalue weighted by molar-refractivity contribution is -0.00259. The van der Waals surface area contributed by atoms with E-state index in [1.54, 1.807) is 6.20 Å². The number of pyridine rings is 1. The van der Waals surface area contributed by atoms with E-state index >= 15 is 0 Å². The van der Waals surface area contributed by atoms with Crippen LogP contribution >= 0.6 is 0 Å². The third-order valence-corrected chi connectivity index (χ3v) is 5.68. The van der Waals surface area contributed by atoms with Gasteiger partial charge in [-0.2, -0.15) is 0 Å². The maximum absolute atomic E-state index is 12.3. The Morgan fingerprint density at radius 1 is 1.44 bits per heavy atom. The van der Waals surface area contributed by atoms with Crippen molar-refractivity contribution in [2.24, 2.45) is 7.05 Å². The summed E-state index contributed by atoms with van der Waals surface area (Å²) in [5.41, 5.74) is 2.09. The van der Waals surface area contributed by atoms with Crippen molar-refractivity contribution in [2.75, 3.05) is 13.2 Å². The number of amides is 2. The molecule has 134 valence electrons. The van der Waals surface area contributed by atoms with Gasteiger partial charge in [0.05, 0.1) is 11.6 Å². The minimum Gasteiger partial charge on any atom is -0.373 e. The van der Waals surface area contributed by atoms with Crippen molar-refractivity contribution in [1.82, 2.24) is 20.2 Å². The first kappa shape index (κ1) is 16.4. The number of fused-ring (bicyclic) bond motifs is 1. The summed E-state index contributed by atoms with van der Waals surface area (Å²) in [5.74, 6) is 0. The minimum atomic E-state index is -0.0986. The van der Waals surface area contributed by atoms with Crippen LogP contribution in [0.1, 0.15) is 37.7 Å². The molecule has 1 saturated carbocycles. The third kappa shape index (κ3) is 3.11. The molecule has 1 saturated heterocycles. The number of urea groups is 1. The quantitative estimate of drug-likeness (QED) is 0.897. The van der Waals surface area contributed by atoms with Gasteiger partial charge in [0.15, 0.2) is 0 Å². The SMILES string of the molecule is Cn1cc(CCNC(=O)NC2CCOC23CCCC3)c2cccnc21. The second-order valence-corrected chi connectivity index (χ2v) is 7.25. The summed E-state index contributed by atoms with van der Waals surface area (Å²) in [6.45, 7) is 1.37. The van der Waals surface area contributed by atoms with Crippen LogP contribution in [0, 0.1) is 0 Å². The van der Waals surface area contributed by atoms with Gasteiger partial charge in [0, 0.05) is 38.0 Å². The summed E-state index contributed by atoms with van der Waals surface area (Å²) >= 11 is 0. The molecule has 1 atom stereocenters. The van der Waals surface area contributed by atoms with Crippen LogP contribution in [0.25, 0.3) is 11.0 Å². The Kier molecular flexibility index (Phi) is 4.37. The highest BCUT2D eigenvalue weighted by Gasteiger charge is 2.46. The number of hydrogen-bond acceptors (Lipinski definition) is 3. The number of aryl methyl sites for hydroxylation is 1. The molecule has 2 aliphatic rings. The smallest absolute Gasteiger partial charge is 0.315 e. The molecule has 0 bridgehead atoms. The van der Waals surface area contributed by atoms with E-state index in [9.17, 15) is 4.79 Å². The zero-order valence-electron chi connectivity index (χ0n) is 14.8. The molecular formula is C19H26N4O2. The maximum atomic E-state index is 12.3. The number of ether oxygens (including phenoxy) is 1. The van der Waals surface area contributed by atoms with E-state index in [4.69, 9.17) is 4.74 Å². The zero-order chi connectivity index (χ0) is 17.3. The van der Waals surface area contributed by atoms with Gasteiger partial charge in [-0.15, -0.1) is 0 Å². The van der Waals surface area contributed by atoms with Crippen molar-refractivity contribution in [3.05, 3.63) is 30.1 Å². The van der Waals surface area contributed by atoms with Gasteiger partial charge >= 0.3 is 6.03 Å². The molecule has 3 heterocycles. The van der Waals surface area contributed by atoms with Crippen LogP contribution in [-0.2, 0) is 18.2 Å². The summed E-state index contributed by atoms with van der Waals surface area (Å²) in [6.07, 6.45) is 10.2. The van der Waals surface area contributed by atoms with Crippen LogP contribution in [0.5, 0.6) is 0 Å². The number of carbonyl (C=O) groups excluding carboxylic acids is 1. The lowest BCUT2D eigenvalue weighted by Gasteiger charge is -2.30. The molecule has 2 fully saturated rings. The average molecular weight is 342 g/mol. The van der Waals surface area contributed by atoms with Gasteiger partial charge < -0.3 is 19.9 Å². The van der Waals surface area contributed by atoms with Crippen molar-refractivity contribution in [3.8, 4) is 0 Å². The monoisotopic (exact) mass is 342 g/mol. The molecule has 6 heteroatoms. The molecule has 25 heavy (non-hydrogen) atoms. The topological polar surface area (TPSA) is 68.2 Å². The molecule has 0 aromatic carbocycles. The molecule has 1 unspecified atom stereocenters. The summed E-state index contributed by atoms with van der Waals surface area (Å²) in [4.78, 5) is 16.7. The van der Waals surface area contributed by atoms with Crippen LogP contribution in [0.3, 0.4) is 0 Å². The van der Waals surface area contributed by atoms with Crippen LogP contribution < -0.4 is 10.6 Å². The van der Waals surface area contributed by atoms with E-state index in [1.807, 2.05) is 17.7 Å². The largest absolute Gasteiger partial charge is 0.373 e. The number of nitrogens with one attached hydrogen (secondary N) is 2. The predicted octanol–water partition coefficient (Wildman–Crippen LogP) is 2.52. The molecular weight excluding hydrogens is 316 g/mol. The first-order chi connectivity index (χ1) is 12.2. The van der Waals surface area contributed by atoms with Gasteiger partial charge in [0.25, 0.3) is 0 Å². The minimum absolute atomic E-state index is 0.0832. The number of hydrogen-bond donors (Lipinski definition) is 2. The molecule has 0 radical (unpaired) electrons. The molecule has 4 rings (SSSR count). The van der Waals surface area contributed by atoms with E-state index in [2.05, 4.69) is 27.9 Å². The van der Waals surface area contributed by atoms with Crippen LogP contribution in [0.4, 0.5) is 4.79 Å². The van der Waals surface area contributed by atoms with Gasteiger partial charge in [-0.05, 0) is 43.4 Å². The third-order valence-electron chi connectivity index (χ3n) is 5.68. The zero-order valence-corrected chi connectivity index (χ0v) is 14.8. The first-order valence-electron chi connectivity index (χ1n) is 9.25. The average Bonchev–Trinajstić information content (AvgIpc) is 3.31. The molecule has 1 aliphatic carbocycles. The molecule has 1 aliphatic heterocycles. The Labute approximate surface area is 147 Å². The first-order valence-corrected chi connectivity index (χ1v) is 9.25. The molecule has 1 spiro atoms. The Hall–Kier alpha value is -2.08. The number of nitrogens with zero attached hydrogens (tertiary/aromatic N) is 2. The van der Waals surface area contributed by atoms with Gasteiger partial charge in [0.1, 0.15) is 5.65 Å². The van der Waals surface area contributed by atoms with Crippen molar-refractivity contribution >= 4 is 17.1 Å². The van der Waals surface area contributed by atoms with E-state index in [-0.39, 0.29) is 17.7 Å². The van der Waals surface area contributed by atoms with Gasteiger partial charge in [0.2, 0.25) is 0 Å². The number of rotatable bonds is 4. The fraction of sp³-hybridized carbons (Fsp3) is 0.579. The van der Waals surface area contributed by atoms with Crippen LogP contribution in [-0.4, -0.2) is 40.4 Å². The summed E-state index contributed by atoms with van der Waals surface area (Å²) in [6, 6.07) is 4.10.